The molecule has 2 heterocycles. The van der Waals surface area contributed by atoms with E-state index >= 15 is 0 Å². The lowest BCUT2D eigenvalue weighted by molar-refractivity contribution is 0.0984. The third-order valence-electron chi connectivity index (χ3n) is 5.55. The first-order chi connectivity index (χ1) is 13.1. The Balaban J connectivity index is 1.55. The van der Waals surface area contributed by atoms with Gasteiger partial charge in [-0.05, 0) is 74.2 Å². The number of anilines is 1. The summed E-state index contributed by atoms with van der Waals surface area (Å²) in [6.07, 6.45) is 3.64. The maximum atomic E-state index is 13.5. The van der Waals surface area contributed by atoms with Crippen LogP contribution in [0.4, 0.5) is 10.1 Å². The molecule has 0 bridgehead atoms. The second-order valence-electron chi connectivity index (χ2n) is 7.48. The van der Waals surface area contributed by atoms with Gasteiger partial charge in [0.2, 0.25) is 0 Å². The molecule has 142 valence electrons. The Morgan fingerprint density at radius 1 is 1.07 bits per heavy atom. The molecule has 1 amide bonds. The number of carbonyl (C=O) groups is 1. The number of nitrogens with zero attached hydrogens (tertiary/aromatic N) is 2. The molecule has 4 nitrogen and oxygen atoms in total. The number of rotatable bonds is 4. The van der Waals surface area contributed by atoms with Crippen LogP contribution in [0.2, 0.25) is 0 Å². The van der Waals surface area contributed by atoms with E-state index < -0.39 is 11.9 Å². The fourth-order valence-electron chi connectivity index (χ4n) is 4.13. The number of aliphatic hydroxyl groups is 1. The van der Waals surface area contributed by atoms with E-state index in [9.17, 15) is 14.3 Å². The molecule has 1 N–H and O–H groups in total. The standard InChI is InChI=1S/C22H25FN2O2/c23-19-7-3-5-18(14-19)22(27)25-12-4-6-16-13-17(8-9-20(16)25)21(26)15-24-10-1-2-11-24/h3,5,7-9,13-14,21,26H,1-2,4,6,10-12,15H2/t21-/m0/s1. The van der Waals surface area contributed by atoms with Crippen molar-refractivity contribution in [3.63, 3.8) is 0 Å². The van der Waals surface area contributed by atoms with E-state index in [1.165, 1.54) is 25.0 Å². The maximum Gasteiger partial charge on any atom is 0.258 e. The third-order valence-corrected chi connectivity index (χ3v) is 5.55. The predicted molar refractivity (Wildman–Crippen MR) is 103 cm³/mol. The highest BCUT2D eigenvalue weighted by Gasteiger charge is 2.25. The van der Waals surface area contributed by atoms with E-state index in [1.54, 1.807) is 17.0 Å². The fraction of sp³-hybridized carbons (Fsp3) is 0.409. The summed E-state index contributed by atoms with van der Waals surface area (Å²) < 4.78 is 13.5. The van der Waals surface area contributed by atoms with E-state index in [1.807, 2.05) is 18.2 Å². The number of β-amino-alcohol motifs (C(OH)–C–C–N with tert-alkyl or cyclic N) is 1. The van der Waals surface area contributed by atoms with E-state index in [0.717, 1.165) is 42.7 Å². The number of hydrogen-bond donors (Lipinski definition) is 1. The fourth-order valence-corrected chi connectivity index (χ4v) is 4.13. The molecule has 1 saturated heterocycles. The van der Waals surface area contributed by atoms with E-state index in [0.29, 0.717) is 18.7 Å². The molecule has 5 heteroatoms. The Morgan fingerprint density at radius 2 is 1.89 bits per heavy atom. The van der Waals surface area contributed by atoms with Crippen molar-refractivity contribution in [1.29, 1.82) is 0 Å². The van der Waals surface area contributed by atoms with Crippen LogP contribution in [-0.2, 0) is 6.42 Å². The maximum absolute atomic E-state index is 13.5. The number of carbonyl (C=O) groups excluding carboxylic acids is 1. The number of likely N-dealkylation sites (tertiary alicyclic amines) is 1. The molecule has 2 aliphatic rings. The number of benzene rings is 2. The Bertz CT molecular complexity index is 833. The molecule has 4 rings (SSSR count). The summed E-state index contributed by atoms with van der Waals surface area (Å²) in [6.45, 7) is 3.39. The van der Waals surface area contributed by atoms with Crippen molar-refractivity contribution in [2.45, 2.75) is 31.8 Å². The molecular weight excluding hydrogens is 343 g/mol. The highest BCUT2D eigenvalue weighted by molar-refractivity contribution is 6.06. The first kappa shape index (κ1) is 18.1. The van der Waals surface area contributed by atoms with Crippen molar-refractivity contribution in [1.82, 2.24) is 4.90 Å². The van der Waals surface area contributed by atoms with Crippen LogP contribution in [0, 0.1) is 5.82 Å². The highest BCUT2D eigenvalue weighted by Crippen LogP contribution is 2.31. The molecule has 2 aromatic carbocycles. The number of halogens is 1. The summed E-state index contributed by atoms with van der Waals surface area (Å²) in [4.78, 5) is 16.9. The number of aryl methyl sites for hydroxylation is 1. The SMILES string of the molecule is O=C(c1cccc(F)c1)N1CCCc2cc([C@@H](O)CN3CCCC3)ccc21. The minimum atomic E-state index is -0.511. The van der Waals surface area contributed by atoms with Crippen LogP contribution in [0.5, 0.6) is 0 Å². The minimum absolute atomic E-state index is 0.180. The lowest BCUT2D eigenvalue weighted by Crippen LogP contribution is -2.35. The van der Waals surface area contributed by atoms with Gasteiger partial charge >= 0.3 is 0 Å². The van der Waals surface area contributed by atoms with Gasteiger partial charge in [0, 0.05) is 24.3 Å². The topological polar surface area (TPSA) is 43.8 Å². The number of amides is 1. The summed E-state index contributed by atoms with van der Waals surface area (Å²) in [7, 11) is 0. The largest absolute Gasteiger partial charge is 0.387 e. The summed E-state index contributed by atoms with van der Waals surface area (Å²) in [5.41, 5.74) is 3.21. The highest BCUT2D eigenvalue weighted by atomic mass is 19.1. The Hall–Kier alpha value is -2.24. The summed E-state index contributed by atoms with van der Waals surface area (Å²) in [5.74, 6) is -0.584. The van der Waals surface area contributed by atoms with Crippen LogP contribution in [0.25, 0.3) is 0 Å². The lowest BCUT2D eigenvalue weighted by Gasteiger charge is -2.30. The van der Waals surface area contributed by atoms with Gasteiger partial charge < -0.3 is 14.9 Å². The van der Waals surface area contributed by atoms with Crippen LogP contribution < -0.4 is 4.90 Å². The number of aliphatic hydroxyl groups excluding tert-OH is 1. The smallest absolute Gasteiger partial charge is 0.258 e. The van der Waals surface area contributed by atoms with Gasteiger partial charge in [0.1, 0.15) is 5.82 Å². The van der Waals surface area contributed by atoms with E-state index in [-0.39, 0.29) is 5.91 Å². The van der Waals surface area contributed by atoms with E-state index in [2.05, 4.69) is 4.90 Å². The quantitative estimate of drug-likeness (QED) is 0.898. The molecule has 0 spiro atoms. The van der Waals surface area contributed by atoms with Crippen LogP contribution in [-0.4, -0.2) is 42.1 Å². The van der Waals surface area contributed by atoms with Crippen molar-refractivity contribution in [2.75, 3.05) is 31.1 Å². The zero-order valence-electron chi connectivity index (χ0n) is 15.4. The second kappa shape index (κ2) is 7.79. The van der Waals surface area contributed by atoms with Gasteiger partial charge in [-0.25, -0.2) is 4.39 Å². The molecule has 2 aliphatic heterocycles. The molecule has 1 fully saturated rings. The molecule has 1 atom stereocenters. The average molecular weight is 368 g/mol. The van der Waals surface area contributed by atoms with Crippen LogP contribution in [0.15, 0.2) is 42.5 Å². The van der Waals surface area contributed by atoms with Crippen molar-refractivity contribution in [2.24, 2.45) is 0 Å². The zero-order chi connectivity index (χ0) is 18.8. The minimum Gasteiger partial charge on any atom is -0.387 e. The molecule has 2 aromatic rings. The first-order valence-corrected chi connectivity index (χ1v) is 9.72. The van der Waals surface area contributed by atoms with Crippen LogP contribution in [0.1, 0.15) is 46.9 Å². The normalized spacial score (nSPS) is 18.4. The molecule has 0 unspecified atom stereocenters. The Labute approximate surface area is 159 Å². The molecule has 0 radical (unpaired) electrons. The summed E-state index contributed by atoms with van der Waals surface area (Å²) in [6, 6.07) is 11.7. The number of fused-ring (bicyclic) bond motifs is 1. The van der Waals surface area contributed by atoms with Gasteiger partial charge in [-0.3, -0.25) is 4.79 Å². The lowest BCUT2D eigenvalue weighted by atomic mass is 9.96. The van der Waals surface area contributed by atoms with Gasteiger partial charge in [-0.15, -0.1) is 0 Å². The van der Waals surface area contributed by atoms with E-state index in [4.69, 9.17) is 0 Å². The van der Waals surface area contributed by atoms with Gasteiger partial charge in [-0.1, -0.05) is 18.2 Å². The predicted octanol–water partition coefficient (Wildman–Crippen LogP) is 3.55. The van der Waals surface area contributed by atoms with Crippen molar-refractivity contribution in [3.05, 3.63) is 65.0 Å². The average Bonchev–Trinajstić information content (AvgIpc) is 3.19. The van der Waals surface area contributed by atoms with Crippen molar-refractivity contribution >= 4 is 11.6 Å². The molecule has 0 aromatic heterocycles. The molecule has 0 aliphatic carbocycles. The van der Waals surface area contributed by atoms with Crippen molar-refractivity contribution in [3.8, 4) is 0 Å². The summed E-state index contributed by atoms with van der Waals surface area (Å²) in [5, 5.41) is 10.6. The van der Waals surface area contributed by atoms with Gasteiger partial charge in [0.15, 0.2) is 0 Å². The summed E-state index contributed by atoms with van der Waals surface area (Å²) >= 11 is 0. The van der Waals surface area contributed by atoms with Gasteiger partial charge in [0.25, 0.3) is 5.91 Å². The Kier molecular flexibility index (Phi) is 5.23. The molecular formula is C22H25FN2O2. The monoisotopic (exact) mass is 368 g/mol. The van der Waals surface area contributed by atoms with Crippen LogP contribution in [0.3, 0.4) is 0 Å². The number of hydrogen-bond acceptors (Lipinski definition) is 3. The zero-order valence-corrected chi connectivity index (χ0v) is 15.4. The third kappa shape index (κ3) is 3.89. The first-order valence-electron chi connectivity index (χ1n) is 9.72. The van der Waals surface area contributed by atoms with Crippen LogP contribution >= 0.6 is 0 Å². The molecule has 0 saturated carbocycles. The molecule has 27 heavy (non-hydrogen) atoms. The van der Waals surface area contributed by atoms with Gasteiger partial charge in [-0.2, -0.15) is 0 Å². The van der Waals surface area contributed by atoms with Crippen molar-refractivity contribution < 1.29 is 14.3 Å². The Morgan fingerprint density at radius 3 is 2.67 bits per heavy atom. The van der Waals surface area contributed by atoms with Gasteiger partial charge in [0.05, 0.1) is 6.10 Å². The second-order valence-corrected chi connectivity index (χ2v) is 7.48.